The average Bonchev–Trinajstić information content (AvgIpc) is 2.53. The van der Waals surface area contributed by atoms with Gasteiger partial charge < -0.3 is 10.4 Å². The van der Waals surface area contributed by atoms with Crippen LogP contribution in [0.2, 0.25) is 0 Å². The Morgan fingerprint density at radius 3 is 3.05 bits per heavy atom. The van der Waals surface area contributed by atoms with Gasteiger partial charge in [0, 0.05) is 18.4 Å². The maximum atomic E-state index is 11.2. The molecule has 0 amide bonds. The van der Waals surface area contributed by atoms with E-state index in [-0.39, 0.29) is 6.04 Å². The molecular formula is C17H18N2O2. The number of hydrogen-bond donors (Lipinski definition) is 2. The van der Waals surface area contributed by atoms with Gasteiger partial charge in [0.2, 0.25) is 0 Å². The number of carbonyl (C=O) groups is 1. The van der Waals surface area contributed by atoms with Crippen molar-refractivity contribution < 1.29 is 9.90 Å². The molecule has 1 aliphatic rings. The first-order valence-electron chi connectivity index (χ1n) is 7.23. The molecule has 2 aromatic rings. The summed E-state index contributed by atoms with van der Waals surface area (Å²) in [7, 11) is 0. The number of carboxylic acids is 1. The van der Waals surface area contributed by atoms with Gasteiger partial charge in [-0.15, -0.1) is 0 Å². The molecule has 1 aromatic carbocycles. The van der Waals surface area contributed by atoms with Crippen LogP contribution in [0.4, 0.5) is 0 Å². The van der Waals surface area contributed by atoms with Crippen molar-refractivity contribution in [2.45, 2.75) is 25.3 Å². The number of nitrogens with one attached hydrogen (secondary N) is 1. The van der Waals surface area contributed by atoms with E-state index in [9.17, 15) is 9.90 Å². The van der Waals surface area contributed by atoms with E-state index >= 15 is 0 Å². The van der Waals surface area contributed by atoms with E-state index in [1.54, 1.807) is 12.3 Å². The summed E-state index contributed by atoms with van der Waals surface area (Å²) < 4.78 is 0. The molecule has 4 nitrogen and oxygen atoms in total. The Labute approximate surface area is 123 Å². The highest BCUT2D eigenvalue weighted by atomic mass is 16.4. The summed E-state index contributed by atoms with van der Waals surface area (Å²) >= 11 is 0. The first-order valence-corrected chi connectivity index (χ1v) is 7.23. The second kappa shape index (κ2) is 6.06. The second-order valence-corrected chi connectivity index (χ2v) is 5.33. The zero-order valence-electron chi connectivity index (χ0n) is 11.7. The normalized spacial score (nSPS) is 17.2. The number of pyridine rings is 1. The first kappa shape index (κ1) is 13.8. The minimum atomic E-state index is -0.885. The molecule has 2 N–H and O–H groups in total. The molecule has 108 valence electrons. The zero-order valence-corrected chi connectivity index (χ0v) is 11.7. The Morgan fingerprint density at radius 2 is 2.19 bits per heavy atom. The van der Waals surface area contributed by atoms with E-state index in [0.717, 1.165) is 24.9 Å². The number of nitrogens with zero attached hydrogens (tertiary/aromatic N) is 1. The number of fused-ring (bicyclic) bond motifs is 1. The van der Waals surface area contributed by atoms with Crippen LogP contribution in [0.3, 0.4) is 0 Å². The highest BCUT2D eigenvalue weighted by Crippen LogP contribution is 2.26. The molecule has 0 saturated heterocycles. The highest BCUT2D eigenvalue weighted by Gasteiger charge is 2.19. The van der Waals surface area contributed by atoms with Crippen molar-refractivity contribution in [1.82, 2.24) is 10.3 Å². The maximum Gasteiger partial charge on any atom is 0.336 e. The van der Waals surface area contributed by atoms with Crippen molar-refractivity contribution in [3.63, 3.8) is 0 Å². The predicted molar refractivity (Wildman–Crippen MR) is 80.4 cm³/mol. The Kier molecular flexibility index (Phi) is 3.97. The lowest BCUT2D eigenvalue weighted by atomic mass is 9.90. The third-order valence-corrected chi connectivity index (χ3v) is 4.05. The largest absolute Gasteiger partial charge is 0.478 e. The van der Waals surface area contributed by atoms with Gasteiger partial charge in [0.1, 0.15) is 0 Å². The number of aromatic carboxylic acids is 1. The second-order valence-electron chi connectivity index (χ2n) is 5.33. The quantitative estimate of drug-likeness (QED) is 0.905. The topological polar surface area (TPSA) is 62.2 Å². The van der Waals surface area contributed by atoms with Gasteiger partial charge in [-0.3, -0.25) is 4.98 Å². The van der Waals surface area contributed by atoms with E-state index in [1.165, 1.54) is 17.3 Å². The number of rotatable bonds is 4. The van der Waals surface area contributed by atoms with E-state index in [2.05, 4.69) is 34.6 Å². The van der Waals surface area contributed by atoms with Crippen LogP contribution in [0, 0.1) is 0 Å². The van der Waals surface area contributed by atoms with Gasteiger partial charge in [-0.1, -0.05) is 24.3 Å². The summed E-state index contributed by atoms with van der Waals surface area (Å²) in [5.74, 6) is -0.885. The lowest BCUT2D eigenvalue weighted by Crippen LogP contribution is -2.30. The van der Waals surface area contributed by atoms with Crippen LogP contribution >= 0.6 is 0 Å². The molecule has 21 heavy (non-hydrogen) atoms. The summed E-state index contributed by atoms with van der Waals surface area (Å²) in [5.41, 5.74) is 3.89. The molecule has 1 aliphatic heterocycles. The van der Waals surface area contributed by atoms with Crippen LogP contribution in [-0.2, 0) is 12.8 Å². The molecule has 0 aliphatic carbocycles. The fraction of sp³-hybridized carbons (Fsp3) is 0.294. The van der Waals surface area contributed by atoms with Crippen LogP contribution < -0.4 is 5.32 Å². The van der Waals surface area contributed by atoms with Gasteiger partial charge in [-0.2, -0.15) is 0 Å². The van der Waals surface area contributed by atoms with Crippen molar-refractivity contribution in [3.8, 4) is 0 Å². The molecule has 0 radical (unpaired) electrons. The summed E-state index contributed by atoms with van der Waals surface area (Å²) in [5, 5.41) is 12.7. The molecule has 0 spiro atoms. The summed E-state index contributed by atoms with van der Waals surface area (Å²) in [6, 6.07) is 10.3. The van der Waals surface area contributed by atoms with Gasteiger partial charge >= 0.3 is 5.97 Å². The van der Waals surface area contributed by atoms with Crippen molar-refractivity contribution in [3.05, 3.63) is 65.0 Å². The van der Waals surface area contributed by atoms with Gasteiger partial charge in [-0.05, 0) is 48.6 Å². The van der Waals surface area contributed by atoms with E-state index in [4.69, 9.17) is 0 Å². The molecule has 0 saturated carbocycles. The van der Waals surface area contributed by atoms with Gasteiger partial charge in [0.15, 0.2) is 0 Å². The standard InChI is InChI=1S/C17H18N2O2/c20-17(21)15-8-9-18-11-13(15)5-6-16-14-4-2-1-3-12(14)7-10-19-16/h1-4,8-9,11,16,19H,5-7,10H2,(H,20,21)/t16-/m0/s1. The lowest BCUT2D eigenvalue weighted by Gasteiger charge is -2.27. The van der Waals surface area contributed by atoms with Crippen LogP contribution in [0.25, 0.3) is 0 Å². The average molecular weight is 282 g/mol. The van der Waals surface area contributed by atoms with Crippen molar-refractivity contribution in [2.24, 2.45) is 0 Å². The Hall–Kier alpha value is -2.20. The minimum Gasteiger partial charge on any atom is -0.478 e. The van der Waals surface area contributed by atoms with Gasteiger partial charge in [-0.25, -0.2) is 4.79 Å². The fourth-order valence-electron chi connectivity index (χ4n) is 2.99. The Bertz CT molecular complexity index is 655. The molecule has 3 rings (SSSR count). The molecule has 0 bridgehead atoms. The van der Waals surface area contributed by atoms with Gasteiger partial charge in [0.25, 0.3) is 0 Å². The summed E-state index contributed by atoms with van der Waals surface area (Å²) in [6.07, 6.45) is 5.84. The third-order valence-electron chi connectivity index (χ3n) is 4.05. The lowest BCUT2D eigenvalue weighted by molar-refractivity contribution is 0.0695. The van der Waals surface area contributed by atoms with E-state index in [1.807, 2.05) is 0 Å². The van der Waals surface area contributed by atoms with Crippen LogP contribution in [0.5, 0.6) is 0 Å². The SMILES string of the molecule is O=C(O)c1ccncc1CC[C@@H]1NCCc2ccccc21. The Balaban J connectivity index is 1.76. The van der Waals surface area contributed by atoms with Crippen LogP contribution in [0.1, 0.15) is 39.5 Å². The molecule has 1 aromatic heterocycles. The third kappa shape index (κ3) is 2.95. The van der Waals surface area contributed by atoms with Gasteiger partial charge in [0.05, 0.1) is 5.56 Å². The van der Waals surface area contributed by atoms with Crippen molar-refractivity contribution >= 4 is 5.97 Å². The maximum absolute atomic E-state index is 11.2. The van der Waals surface area contributed by atoms with Crippen LogP contribution in [0.15, 0.2) is 42.7 Å². The molecule has 0 unspecified atom stereocenters. The van der Waals surface area contributed by atoms with E-state index in [0.29, 0.717) is 12.0 Å². The number of aryl methyl sites for hydroxylation is 1. The summed E-state index contributed by atoms with van der Waals surface area (Å²) in [6.45, 7) is 0.973. The smallest absolute Gasteiger partial charge is 0.336 e. The number of aromatic nitrogens is 1. The zero-order chi connectivity index (χ0) is 14.7. The minimum absolute atomic E-state index is 0.289. The highest BCUT2D eigenvalue weighted by molar-refractivity contribution is 5.89. The first-order chi connectivity index (χ1) is 10.3. The molecular weight excluding hydrogens is 264 g/mol. The van der Waals surface area contributed by atoms with Crippen molar-refractivity contribution in [2.75, 3.05) is 6.54 Å². The fourth-order valence-corrected chi connectivity index (χ4v) is 2.99. The molecule has 1 atom stereocenters. The monoisotopic (exact) mass is 282 g/mol. The Morgan fingerprint density at radius 1 is 1.33 bits per heavy atom. The number of benzene rings is 1. The molecule has 4 heteroatoms. The van der Waals surface area contributed by atoms with E-state index < -0.39 is 5.97 Å². The predicted octanol–water partition coefficient (Wildman–Crippen LogP) is 2.60. The van der Waals surface area contributed by atoms with Crippen LogP contribution in [-0.4, -0.2) is 22.6 Å². The number of carboxylic acid groups (broad SMARTS) is 1. The summed E-state index contributed by atoms with van der Waals surface area (Å²) in [4.78, 5) is 15.3. The number of hydrogen-bond acceptors (Lipinski definition) is 3. The molecule has 0 fully saturated rings. The molecule has 2 heterocycles. The van der Waals surface area contributed by atoms with Crippen molar-refractivity contribution in [1.29, 1.82) is 0 Å².